The molecule has 0 atom stereocenters. The molecule has 0 amide bonds. The van der Waals surface area contributed by atoms with E-state index in [-0.39, 0.29) is 5.78 Å². The zero-order valence-electron chi connectivity index (χ0n) is 13.6. The lowest BCUT2D eigenvalue weighted by Crippen LogP contribution is -2.29. The van der Waals surface area contributed by atoms with Gasteiger partial charge in [0.25, 0.3) is 0 Å². The van der Waals surface area contributed by atoms with Gasteiger partial charge >= 0.3 is 0 Å². The van der Waals surface area contributed by atoms with Crippen molar-refractivity contribution in [2.45, 2.75) is 30.7 Å². The Hall–Kier alpha value is -1.58. The van der Waals surface area contributed by atoms with Crippen LogP contribution in [0.5, 0.6) is 0 Å². The first kappa shape index (κ1) is 16.3. The molecule has 1 aliphatic heterocycles. The predicted octanol–water partition coefficient (Wildman–Crippen LogP) is 4.63. The van der Waals surface area contributed by atoms with E-state index in [1.807, 2.05) is 48.7 Å². The van der Waals surface area contributed by atoms with E-state index in [0.29, 0.717) is 0 Å². The Bertz CT molecular complexity index is 677. The number of rotatable bonds is 5. The SMILES string of the molecule is CSc1ccccc1C(=O)c1ccccc1CN1CCCCC1. The van der Waals surface area contributed by atoms with Gasteiger partial charge < -0.3 is 0 Å². The molecule has 2 nitrogen and oxygen atoms in total. The summed E-state index contributed by atoms with van der Waals surface area (Å²) in [7, 11) is 0. The van der Waals surface area contributed by atoms with Crippen LogP contribution in [-0.2, 0) is 6.54 Å². The Morgan fingerprint density at radius 2 is 1.61 bits per heavy atom. The number of hydrogen-bond donors (Lipinski definition) is 0. The third-order valence-electron chi connectivity index (χ3n) is 4.46. The van der Waals surface area contributed by atoms with Crippen molar-refractivity contribution in [2.75, 3.05) is 19.3 Å². The number of likely N-dealkylation sites (tertiary alicyclic amines) is 1. The van der Waals surface area contributed by atoms with E-state index < -0.39 is 0 Å². The molecule has 2 aromatic rings. The number of nitrogens with zero attached hydrogens (tertiary/aromatic N) is 1. The van der Waals surface area contributed by atoms with Gasteiger partial charge in [-0.25, -0.2) is 0 Å². The van der Waals surface area contributed by atoms with Crippen LogP contribution in [0.15, 0.2) is 53.4 Å². The van der Waals surface area contributed by atoms with Crippen LogP contribution in [0.3, 0.4) is 0 Å². The van der Waals surface area contributed by atoms with E-state index in [1.165, 1.54) is 19.3 Å². The quantitative estimate of drug-likeness (QED) is 0.591. The Morgan fingerprint density at radius 3 is 2.35 bits per heavy atom. The highest BCUT2D eigenvalue weighted by molar-refractivity contribution is 7.98. The maximum atomic E-state index is 13.1. The summed E-state index contributed by atoms with van der Waals surface area (Å²) in [6.45, 7) is 3.16. The summed E-state index contributed by atoms with van der Waals surface area (Å²) < 4.78 is 0. The fourth-order valence-electron chi connectivity index (χ4n) is 3.22. The Morgan fingerprint density at radius 1 is 0.957 bits per heavy atom. The molecule has 0 aliphatic carbocycles. The summed E-state index contributed by atoms with van der Waals surface area (Å²) in [5, 5.41) is 0. The van der Waals surface area contributed by atoms with Crippen molar-refractivity contribution in [1.82, 2.24) is 4.90 Å². The molecule has 0 spiro atoms. The smallest absolute Gasteiger partial charge is 0.194 e. The first-order valence-corrected chi connectivity index (χ1v) is 9.50. The van der Waals surface area contributed by atoms with Crippen LogP contribution in [0.25, 0.3) is 0 Å². The first-order valence-electron chi connectivity index (χ1n) is 8.27. The number of benzene rings is 2. The largest absolute Gasteiger partial charge is 0.299 e. The monoisotopic (exact) mass is 325 g/mol. The van der Waals surface area contributed by atoms with Crippen LogP contribution in [0, 0.1) is 0 Å². The van der Waals surface area contributed by atoms with Gasteiger partial charge in [0, 0.05) is 22.6 Å². The normalized spacial score (nSPS) is 15.5. The Kier molecular flexibility index (Phi) is 5.52. The molecule has 1 saturated heterocycles. The maximum absolute atomic E-state index is 13.1. The van der Waals surface area contributed by atoms with Crippen molar-refractivity contribution in [3.05, 3.63) is 65.2 Å². The van der Waals surface area contributed by atoms with Crippen LogP contribution in [0.2, 0.25) is 0 Å². The molecule has 0 radical (unpaired) electrons. The second kappa shape index (κ2) is 7.80. The molecule has 1 aliphatic rings. The van der Waals surface area contributed by atoms with Crippen LogP contribution in [-0.4, -0.2) is 30.0 Å². The summed E-state index contributed by atoms with van der Waals surface area (Å²) >= 11 is 1.63. The molecule has 0 unspecified atom stereocenters. The number of hydrogen-bond acceptors (Lipinski definition) is 3. The average Bonchev–Trinajstić information content (AvgIpc) is 2.62. The van der Waals surface area contributed by atoms with Gasteiger partial charge in [-0.05, 0) is 49.9 Å². The fourth-order valence-corrected chi connectivity index (χ4v) is 3.81. The fraction of sp³-hybridized carbons (Fsp3) is 0.350. The average molecular weight is 325 g/mol. The number of ketones is 1. The summed E-state index contributed by atoms with van der Waals surface area (Å²) in [6, 6.07) is 16.0. The molecule has 1 fully saturated rings. The summed E-state index contributed by atoms with van der Waals surface area (Å²) in [6.07, 6.45) is 5.89. The van der Waals surface area contributed by atoms with Gasteiger partial charge in [0.2, 0.25) is 0 Å². The lowest BCUT2D eigenvalue weighted by molar-refractivity contribution is 0.103. The second-order valence-electron chi connectivity index (χ2n) is 6.02. The maximum Gasteiger partial charge on any atom is 0.194 e. The van der Waals surface area contributed by atoms with Crippen molar-refractivity contribution in [1.29, 1.82) is 0 Å². The second-order valence-corrected chi connectivity index (χ2v) is 6.87. The third kappa shape index (κ3) is 3.85. The topological polar surface area (TPSA) is 20.3 Å². The molecule has 0 saturated carbocycles. The van der Waals surface area contributed by atoms with Crippen molar-refractivity contribution in [3.8, 4) is 0 Å². The minimum atomic E-state index is 0.141. The molecular weight excluding hydrogens is 302 g/mol. The van der Waals surface area contributed by atoms with Gasteiger partial charge in [0.15, 0.2) is 5.78 Å². The molecule has 0 N–H and O–H groups in total. The van der Waals surface area contributed by atoms with Gasteiger partial charge in [0.05, 0.1) is 0 Å². The van der Waals surface area contributed by atoms with Crippen LogP contribution in [0.4, 0.5) is 0 Å². The van der Waals surface area contributed by atoms with Crippen molar-refractivity contribution in [2.24, 2.45) is 0 Å². The summed E-state index contributed by atoms with van der Waals surface area (Å²) in [5.74, 6) is 0.141. The number of thioether (sulfide) groups is 1. The molecule has 2 aromatic carbocycles. The summed E-state index contributed by atoms with van der Waals surface area (Å²) in [5.41, 5.74) is 2.81. The van der Waals surface area contributed by atoms with Crippen molar-refractivity contribution >= 4 is 17.5 Å². The molecule has 3 heteroatoms. The van der Waals surface area contributed by atoms with Gasteiger partial charge in [-0.3, -0.25) is 9.69 Å². The molecule has 120 valence electrons. The van der Waals surface area contributed by atoms with Crippen LogP contribution >= 0.6 is 11.8 Å². The van der Waals surface area contributed by atoms with Crippen LogP contribution in [0.1, 0.15) is 40.7 Å². The zero-order chi connectivity index (χ0) is 16.1. The van der Waals surface area contributed by atoms with E-state index in [1.54, 1.807) is 11.8 Å². The lowest BCUT2D eigenvalue weighted by Gasteiger charge is -2.27. The Labute approximate surface area is 142 Å². The van der Waals surface area contributed by atoms with Crippen molar-refractivity contribution < 1.29 is 4.79 Å². The standard InChI is InChI=1S/C20H23NOS/c1-23-19-12-6-5-11-18(19)20(22)17-10-4-3-9-16(17)15-21-13-7-2-8-14-21/h3-6,9-12H,2,7-8,13-15H2,1H3. The molecule has 23 heavy (non-hydrogen) atoms. The van der Waals surface area contributed by atoms with Gasteiger partial charge in [-0.2, -0.15) is 0 Å². The van der Waals surface area contributed by atoms with E-state index in [2.05, 4.69) is 11.0 Å². The highest BCUT2D eigenvalue weighted by Crippen LogP contribution is 2.25. The first-order chi connectivity index (χ1) is 11.3. The number of piperidine rings is 1. The minimum Gasteiger partial charge on any atom is -0.299 e. The highest BCUT2D eigenvalue weighted by atomic mass is 32.2. The molecule has 0 bridgehead atoms. The predicted molar refractivity (Wildman–Crippen MR) is 97.2 cm³/mol. The Balaban J connectivity index is 1.88. The van der Waals surface area contributed by atoms with Crippen molar-refractivity contribution in [3.63, 3.8) is 0 Å². The van der Waals surface area contributed by atoms with Gasteiger partial charge in [-0.15, -0.1) is 11.8 Å². The molecule has 0 aromatic heterocycles. The third-order valence-corrected chi connectivity index (χ3v) is 5.25. The zero-order valence-corrected chi connectivity index (χ0v) is 14.4. The van der Waals surface area contributed by atoms with Gasteiger partial charge in [-0.1, -0.05) is 42.8 Å². The van der Waals surface area contributed by atoms with E-state index in [4.69, 9.17) is 0 Å². The molecular formula is C20H23NOS. The number of carbonyl (C=O) groups excluding carboxylic acids is 1. The van der Waals surface area contributed by atoms with E-state index >= 15 is 0 Å². The minimum absolute atomic E-state index is 0.141. The van der Waals surface area contributed by atoms with E-state index in [0.717, 1.165) is 41.2 Å². The molecule has 3 rings (SSSR count). The van der Waals surface area contributed by atoms with Crippen LogP contribution < -0.4 is 0 Å². The van der Waals surface area contributed by atoms with E-state index in [9.17, 15) is 4.79 Å². The number of carbonyl (C=O) groups is 1. The van der Waals surface area contributed by atoms with Gasteiger partial charge in [0.1, 0.15) is 0 Å². The molecule has 1 heterocycles. The lowest BCUT2D eigenvalue weighted by atomic mass is 9.97. The highest BCUT2D eigenvalue weighted by Gasteiger charge is 2.18. The summed E-state index contributed by atoms with van der Waals surface area (Å²) in [4.78, 5) is 16.6.